The number of nitrogens with zero attached hydrogens (tertiary/aromatic N) is 3. The molecule has 3 aromatic carbocycles. The molecule has 3 aromatic rings. The molecular formula is C24H14BrClN4O9. The van der Waals surface area contributed by atoms with Gasteiger partial charge < -0.3 is 9.47 Å². The molecule has 1 fully saturated rings. The van der Waals surface area contributed by atoms with Gasteiger partial charge in [-0.3, -0.25) is 35.1 Å². The molecule has 1 N–H and O–H groups in total. The van der Waals surface area contributed by atoms with E-state index in [0.717, 1.165) is 23.1 Å². The van der Waals surface area contributed by atoms with Gasteiger partial charge in [-0.15, -0.1) is 0 Å². The Labute approximate surface area is 232 Å². The number of imide groups is 2. The van der Waals surface area contributed by atoms with Crippen molar-refractivity contribution >= 4 is 68.5 Å². The molecule has 1 aliphatic heterocycles. The first-order valence-electron chi connectivity index (χ1n) is 10.7. The lowest BCUT2D eigenvalue weighted by molar-refractivity contribution is -0.394. The van der Waals surface area contributed by atoms with Crippen LogP contribution in [0, 0.1) is 20.2 Å². The molecule has 1 heterocycles. The smallest absolute Gasteiger partial charge is 0.335 e. The van der Waals surface area contributed by atoms with Crippen molar-refractivity contribution in [3.8, 4) is 17.2 Å². The van der Waals surface area contributed by atoms with Crippen molar-refractivity contribution in [1.29, 1.82) is 0 Å². The quantitative estimate of drug-likeness (QED) is 0.158. The van der Waals surface area contributed by atoms with Gasteiger partial charge in [0.05, 0.1) is 38.2 Å². The van der Waals surface area contributed by atoms with Crippen molar-refractivity contribution in [1.82, 2.24) is 5.32 Å². The van der Waals surface area contributed by atoms with Gasteiger partial charge in [0.15, 0.2) is 11.5 Å². The van der Waals surface area contributed by atoms with Crippen LogP contribution in [0.15, 0.2) is 64.6 Å². The van der Waals surface area contributed by atoms with Crippen molar-refractivity contribution in [3.63, 3.8) is 0 Å². The second-order valence-electron chi connectivity index (χ2n) is 7.71. The van der Waals surface area contributed by atoms with Gasteiger partial charge in [0.1, 0.15) is 5.57 Å². The Morgan fingerprint density at radius 2 is 1.72 bits per heavy atom. The van der Waals surface area contributed by atoms with E-state index in [4.69, 9.17) is 21.1 Å². The predicted molar refractivity (Wildman–Crippen MR) is 141 cm³/mol. The highest BCUT2D eigenvalue weighted by atomic mass is 79.9. The minimum absolute atomic E-state index is 0.0242. The molecule has 0 saturated carbocycles. The average molecular weight is 618 g/mol. The number of nitrogens with one attached hydrogen (secondary N) is 1. The number of ether oxygens (including phenoxy) is 2. The molecule has 0 unspecified atom stereocenters. The molecule has 4 rings (SSSR count). The third-order valence-corrected chi connectivity index (χ3v) is 6.23. The third kappa shape index (κ3) is 5.42. The van der Waals surface area contributed by atoms with Gasteiger partial charge in [-0.05, 0) is 57.9 Å². The Morgan fingerprint density at radius 3 is 2.36 bits per heavy atom. The summed E-state index contributed by atoms with van der Waals surface area (Å²) in [6, 6.07) is 10.8. The number of hydrogen-bond acceptors (Lipinski definition) is 9. The van der Waals surface area contributed by atoms with Crippen molar-refractivity contribution in [2.45, 2.75) is 0 Å². The van der Waals surface area contributed by atoms with Crippen molar-refractivity contribution in [2.75, 3.05) is 12.0 Å². The molecule has 198 valence electrons. The van der Waals surface area contributed by atoms with Crippen LogP contribution in [0.2, 0.25) is 5.02 Å². The largest absolute Gasteiger partial charge is 0.493 e. The van der Waals surface area contributed by atoms with Crippen LogP contribution >= 0.6 is 27.5 Å². The number of urea groups is 1. The van der Waals surface area contributed by atoms with Crippen molar-refractivity contribution < 1.29 is 33.7 Å². The van der Waals surface area contributed by atoms with Gasteiger partial charge >= 0.3 is 11.7 Å². The summed E-state index contributed by atoms with van der Waals surface area (Å²) in [5, 5.41) is 24.7. The first-order chi connectivity index (χ1) is 18.5. The number of benzene rings is 3. The van der Waals surface area contributed by atoms with E-state index in [-0.39, 0.29) is 43.6 Å². The zero-order chi connectivity index (χ0) is 28.4. The number of nitro benzene ring substituents is 2. The highest BCUT2D eigenvalue weighted by molar-refractivity contribution is 9.10. The van der Waals surface area contributed by atoms with E-state index in [0.29, 0.717) is 0 Å². The van der Waals surface area contributed by atoms with Crippen LogP contribution in [0.3, 0.4) is 0 Å². The summed E-state index contributed by atoms with van der Waals surface area (Å²) in [6.07, 6.45) is 1.21. The molecule has 0 aromatic heterocycles. The molecule has 0 atom stereocenters. The molecule has 0 bridgehead atoms. The summed E-state index contributed by atoms with van der Waals surface area (Å²) in [6.45, 7) is 0. The normalized spacial score (nSPS) is 14.3. The summed E-state index contributed by atoms with van der Waals surface area (Å²) in [7, 11) is 1.28. The second-order valence-corrected chi connectivity index (χ2v) is 8.97. The number of barbiturate groups is 1. The number of non-ortho nitro benzene ring substituents is 1. The minimum Gasteiger partial charge on any atom is -0.493 e. The topological polar surface area (TPSA) is 171 Å². The van der Waals surface area contributed by atoms with Crippen molar-refractivity contribution in [3.05, 3.63) is 95.5 Å². The lowest BCUT2D eigenvalue weighted by atomic mass is 10.1. The van der Waals surface area contributed by atoms with Crippen LogP contribution in [0.5, 0.6) is 17.2 Å². The number of halogens is 2. The number of methoxy groups -OCH3 is 1. The van der Waals surface area contributed by atoms with Gasteiger partial charge in [-0.2, -0.15) is 0 Å². The molecule has 0 spiro atoms. The summed E-state index contributed by atoms with van der Waals surface area (Å²) < 4.78 is 11.2. The van der Waals surface area contributed by atoms with E-state index in [1.807, 2.05) is 0 Å². The fourth-order valence-corrected chi connectivity index (χ4v) is 4.32. The Morgan fingerprint density at radius 1 is 1.00 bits per heavy atom. The maximum Gasteiger partial charge on any atom is 0.335 e. The van der Waals surface area contributed by atoms with E-state index >= 15 is 0 Å². The maximum absolute atomic E-state index is 13.2. The van der Waals surface area contributed by atoms with Crippen molar-refractivity contribution in [2.24, 2.45) is 0 Å². The first-order valence-corrected chi connectivity index (χ1v) is 11.8. The SMILES string of the molecule is COc1cc(/C=C2\C(=O)NC(=O)N(c3ccccc3Cl)C2=O)cc(Br)c1Oc1ccc([N+](=O)[O-])cc1[N+](=O)[O-]. The molecule has 4 amide bonds. The lowest BCUT2D eigenvalue weighted by Crippen LogP contribution is -2.54. The molecule has 15 heteroatoms. The average Bonchev–Trinajstić information content (AvgIpc) is 2.88. The van der Waals surface area contributed by atoms with Crippen LogP contribution in [0.1, 0.15) is 5.56 Å². The maximum atomic E-state index is 13.2. The number of nitro groups is 2. The summed E-state index contributed by atoms with van der Waals surface area (Å²) >= 11 is 9.42. The number of carbonyl (C=O) groups excluding carboxylic acids is 3. The number of para-hydroxylation sites is 1. The number of amides is 4. The Balaban J connectivity index is 1.73. The third-order valence-electron chi connectivity index (χ3n) is 5.32. The number of carbonyl (C=O) groups is 3. The molecular weight excluding hydrogens is 604 g/mol. The lowest BCUT2D eigenvalue weighted by Gasteiger charge is -2.27. The van der Waals surface area contributed by atoms with Gasteiger partial charge in [-0.1, -0.05) is 23.7 Å². The van der Waals surface area contributed by atoms with Gasteiger partial charge in [0.2, 0.25) is 5.75 Å². The Hall–Kier alpha value is -4.82. The Bertz CT molecular complexity index is 1610. The van der Waals surface area contributed by atoms with E-state index in [2.05, 4.69) is 21.2 Å². The van der Waals surface area contributed by atoms with E-state index < -0.39 is 39.1 Å². The molecule has 1 saturated heterocycles. The van der Waals surface area contributed by atoms with E-state index in [1.54, 1.807) is 12.1 Å². The van der Waals surface area contributed by atoms with Gasteiger partial charge in [-0.25, -0.2) is 9.69 Å². The molecule has 39 heavy (non-hydrogen) atoms. The highest BCUT2D eigenvalue weighted by Gasteiger charge is 2.37. The first kappa shape index (κ1) is 27.2. The summed E-state index contributed by atoms with van der Waals surface area (Å²) in [5.41, 5.74) is -1.20. The second kappa shape index (κ2) is 10.9. The summed E-state index contributed by atoms with van der Waals surface area (Å²) in [4.78, 5) is 59.8. The standard InChI is InChI=1S/C24H14BrClN4O9/c1-38-20-10-12(8-14-22(31)27-24(33)28(23(14)32)17-5-3-2-4-16(17)26)9-15(25)21(20)39-19-7-6-13(29(34)35)11-18(19)30(36)37/h2-11H,1H3,(H,27,31,33)/b14-8+. The summed E-state index contributed by atoms with van der Waals surface area (Å²) in [5.74, 6) is -2.15. The highest BCUT2D eigenvalue weighted by Crippen LogP contribution is 2.43. The molecule has 1 aliphatic rings. The molecule has 0 radical (unpaired) electrons. The van der Waals surface area contributed by atoms with Gasteiger partial charge in [0, 0.05) is 6.07 Å². The number of rotatable bonds is 7. The fourth-order valence-electron chi connectivity index (χ4n) is 3.56. The van der Waals surface area contributed by atoms with E-state index in [1.165, 1.54) is 37.5 Å². The molecule has 13 nitrogen and oxygen atoms in total. The fraction of sp³-hybridized carbons (Fsp3) is 0.0417. The van der Waals surface area contributed by atoms with Crippen LogP contribution in [-0.4, -0.2) is 34.8 Å². The minimum atomic E-state index is -0.970. The zero-order valence-electron chi connectivity index (χ0n) is 19.5. The number of hydrogen-bond donors (Lipinski definition) is 1. The van der Waals surface area contributed by atoms with Crippen LogP contribution in [-0.2, 0) is 9.59 Å². The Kier molecular flexibility index (Phi) is 7.60. The zero-order valence-corrected chi connectivity index (χ0v) is 21.9. The van der Waals surface area contributed by atoms with Crippen LogP contribution in [0.25, 0.3) is 6.08 Å². The van der Waals surface area contributed by atoms with Crippen LogP contribution < -0.4 is 19.7 Å². The van der Waals surface area contributed by atoms with Gasteiger partial charge in [0.25, 0.3) is 17.5 Å². The van der Waals surface area contributed by atoms with Crippen LogP contribution in [0.4, 0.5) is 21.9 Å². The monoisotopic (exact) mass is 616 g/mol. The van der Waals surface area contributed by atoms with E-state index in [9.17, 15) is 34.6 Å². The number of anilines is 1. The predicted octanol–water partition coefficient (Wildman–Crippen LogP) is 5.39. The molecule has 0 aliphatic carbocycles.